The second-order valence-corrected chi connectivity index (χ2v) is 2.54. The normalized spacial score (nSPS) is 9.00. The fraction of sp³-hybridized carbons (Fsp3) is 1.00. The van der Waals surface area contributed by atoms with Gasteiger partial charge in [0.2, 0.25) is 0 Å². The summed E-state index contributed by atoms with van der Waals surface area (Å²) in [6.45, 7) is 6.79. The third-order valence-electron chi connectivity index (χ3n) is 1.14. The highest BCUT2D eigenvalue weighted by Gasteiger charge is 1.88. The Balaban J connectivity index is 0. The topological polar surface area (TPSA) is 0 Å². The van der Waals surface area contributed by atoms with Gasteiger partial charge in [0.1, 0.15) is 0 Å². The van der Waals surface area contributed by atoms with Crippen molar-refractivity contribution in [1.29, 1.82) is 0 Å². The lowest BCUT2D eigenvalue weighted by Crippen LogP contribution is -1.83. The number of halogens is 1. The minimum Gasteiger partial charge on any atom is -0.269 e. The molecule has 0 saturated heterocycles. The van der Waals surface area contributed by atoms with Crippen LogP contribution in [0.4, 0.5) is 4.70 Å². The van der Waals surface area contributed by atoms with E-state index in [9.17, 15) is 0 Å². The number of unbranched alkanes of at least 4 members (excludes halogenated alkanes) is 1. The molecule has 0 rings (SSSR count). The molecule has 0 aliphatic rings. The molecule has 0 aromatic rings. The monoisotopic (exact) mass is 120 g/mol. The fourth-order valence-electron chi connectivity index (χ4n) is 0.612. The van der Waals surface area contributed by atoms with Gasteiger partial charge in [-0.25, -0.2) is 0 Å². The Labute approximate surface area is 51.7 Å². The molecule has 0 saturated carbocycles. The van der Waals surface area contributed by atoms with E-state index in [4.69, 9.17) is 0 Å². The van der Waals surface area contributed by atoms with Crippen molar-refractivity contribution in [3.05, 3.63) is 0 Å². The smallest absolute Gasteiger partial charge is 0.0471 e. The Morgan fingerprint density at radius 3 is 1.88 bits per heavy atom. The van der Waals surface area contributed by atoms with E-state index in [1.807, 2.05) is 0 Å². The van der Waals surface area contributed by atoms with Crippen LogP contribution in [0, 0.1) is 5.92 Å². The van der Waals surface area contributed by atoms with E-state index in [1.54, 1.807) is 0 Å². The van der Waals surface area contributed by atoms with Crippen molar-refractivity contribution in [3.63, 3.8) is 0 Å². The standard InChI is InChI=1S/C7H16.FH/c1-4-5-6-7(2)3;/h7H,4-6H2,1-3H3;1H. The molecule has 0 aromatic heterocycles. The first kappa shape index (κ1) is 10.8. The average molecular weight is 120 g/mol. The largest absolute Gasteiger partial charge is 0.269 e. The number of rotatable bonds is 3. The summed E-state index contributed by atoms with van der Waals surface area (Å²) >= 11 is 0. The van der Waals surface area contributed by atoms with Crippen LogP contribution in [0.3, 0.4) is 0 Å². The molecule has 0 amide bonds. The molecule has 0 aliphatic heterocycles. The van der Waals surface area contributed by atoms with Gasteiger partial charge in [0, 0.05) is 0 Å². The van der Waals surface area contributed by atoms with E-state index in [1.165, 1.54) is 19.3 Å². The summed E-state index contributed by atoms with van der Waals surface area (Å²) in [5, 5.41) is 0. The van der Waals surface area contributed by atoms with Crippen LogP contribution in [0.1, 0.15) is 40.0 Å². The van der Waals surface area contributed by atoms with Gasteiger partial charge < -0.3 is 0 Å². The lowest BCUT2D eigenvalue weighted by molar-refractivity contribution is 0.550. The molecule has 0 spiro atoms. The van der Waals surface area contributed by atoms with E-state index in [0.717, 1.165) is 5.92 Å². The van der Waals surface area contributed by atoms with Crippen LogP contribution >= 0.6 is 0 Å². The van der Waals surface area contributed by atoms with Gasteiger partial charge in [-0.3, -0.25) is 4.70 Å². The summed E-state index contributed by atoms with van der Waals surface area (Å²) in [6.07, 6.45) is 4.15. The first-order chi connectivity index (χ1) is 3.27. The predicted molar refractivity (Wildman–Crippen MR) is 36.9 cm³/mol. The van der Waals surface area contributed by atoms with E-state index in [0.29, 0.717) is 0 Å². The Morgan fingerprint density at radius 2 is 1.75 bits per heavy atom. The summed E-state index contributed by atoms with van der Waals surface area (Å²) in [6, 6.07) is 0. The third kappa shape index (κ3) is 9.33. The Morgan fingerprint density at radius 1 is 1.25 bits per heavy atom. The highest BCUT2D eigenvalue weighted by molar-refractivity contribution is 4.42. The van der Waals surface area contributed by atoms with Crippen molar-refractivity contribution in [3.8, 4) is 0 Å². The van der Waals surface area contributed by atoms with Gasteiger partial charge in [0.05, 0.1) is 0 Å². The van der Waals surface area contributed by atoms with Crippen molar-refractivity contribution in [1.82, 2.24) is 0 Å². The van der Waals surface area contributed by atoms with Gasteiger partial charge in [0.25, 0.3) is 0 Å². The molecular formula is C7H17F. The number of hydrogen-bond donors (Lipinski definition) is 0. The average Bonchev–Trinajstić information content (AvgIpc) is 1.61. The summed E-state index contributed by atoms with van der Waals surface area (Å²) in [5.41, 5.74) is 0. The molecule has 0 heterocycles. The molecule has 0 atom stereocenters. The highest BCUT2D eigenvalue weighted by atomic mass is 19.0. The van der Waals surface area contributed by atoms with Crippen LogP contribution < -0.4 is 0 Å². The highest BCUT2D eigenvalue weighted by Crippen LogP contribution is 2.04. The summed E-state index contributed by atoms with van der Waals surface area (Å²) < 4.78 is 0. The Hall–Kier alpha value is -0.0700. The van der Waals surface area contributed by atoms with Crippen LogP contribution in [0.5, 0.6) is 0 Å². The maximum absolute atomic E-state index is 2.27. The molecule has 0 N–H and O–H groups in total. The van der Waals surface area contributed by atoms with Crippen LogP contribution in [0.25, 0.3) is 0 Å². The van der Waals surface area contributed by atoms with Gasteiger partial charge in [-0.2, -0.15) is 0 Å². The van der Waals surface area contributed by atoms with E-state index >= 15 is 0 Å². The van der Waals surface area contributed by atoms with E-state index in [-0.39, 0.29) is 4.70 Å². The molecule has 1 heteroatoms. The van der Waals surface area contributed by atoms with E-state index < -0.39 is 0 Å². The van der Waals surface area contributed by atoms with Crippen LogP contribution in [-0.4, -0.2) is 0 Å². The Bertz CT molecular complexity index is 33.4. The molecule has 0 unspecified atom stereocenters. The van der Waals surface area contributed by atoms with Gasteiger partial charge in [-0.15, -0.1) is 0 Å². The van der Waals surface area contributed by atoms with Gasteiger partial charge in [-0.05, 0) is 5.92 Å². The molecule has 52 valence electrons. The first-order valence-corrected chi connectivity index (χ1v) is 3.27. The second-order valence-electron chi connectivity index (χ2n) is 2.54. The Kier molecular flexibility index (Phi) is 9.38. The maximum atomic E-state index is 2.27. The zero-order chi connectivity index (χ0) is 5.70. The maximum Gasteiger partial charge on any atom is -0.0471 e. The molecule has 0 bridgehead atoms. The fourth-order valence-corrected chi connectivity index (χ4v) is 0.612. The SMILES string of the molecule is CCCCC(C)C.F. The lowest BCUT2D eigenvalue weighted by Gasteiger charge is -1.98. The molecular weight excluding hydrogens is 103 g/mol. The third-order valence-corrected chi connectivity index (χ3v) is 1.14. The second kappa shape index (κ2) is 6.93. The van der Waals surface area contributed by atoms with Crippen LogP contribution in [0.15, 0.2) is 0 Å². The van der Waals surface area contributed by atoms with Crippen molar-refractivity contribution >= 4 is 0 Å². The van der Waals surface area contributed by atoms with Crippen LogP contribution in [0.2, 0.25) is 0 Å². The van der Waals surface area contributed by atoms with Crippen molar-refractivity contribution in [2.24, 2.45) is 5.92 Å². The van der Waals surface area contributed by atoms with Crippen LogP contribution in [-0.2, 0) is 0 Å². The summed E-state index contributed by atoms with van der Waals surface area (Å²) in [5.74, 6) is 0.903. The molecule has 0 fully saturated rings. The van der Waals surface area contributed by atoms with Crippen molar-refractivity contribution < 1.29 is 4.70 Å². The van der Waals surface area contributed by atoms with Gasteiger partial charge in [0.15, 0.2) is 0 Å². The minimum absolute atomic E-state index is 0. The molecule has 0 aliphatic carbocycles. The predicted octanol–water partition coefficient (Wildman–Crippen LogP) is 2.99. The summed E-state index contributed by atoms with van der Waals surface area (Å²) in [7, 11) is 0. The zero-order valence-corrected chi connectivity index (χ0v) is 6.11. The lowest BCUT2D eigenvalue weighted by atomic mass is 10.1. The van der Waals surface area contributed by atoms with Crippen molar-refractivity contribution in [2.45, 2.75) is 40.0 Å². The molecule has 0 aromatic carbocycles. The summed E-state index contributed by atoms with van der Waals surface area (Å²) in [4.78, 5) is 0. The van der Waals surface area contributed by atoms with E-state index in [2.05, 4.69) is 20.8 Å². The molecule has 0 nitrogen and oxygen atoms in total. The first-order valence-electron chi connectivity index (χ1n) is 3.27. The van der Waals surface area contributed by atoms with Crippen molar-refractivity contribution in [2.75, 3.05) is 0 Å². The quantitative estimate of drug-likeness (QED) is 0.537. The number of hydrogen-bond acceptors (Lipinski definition) is 0. The molecule has 0 radical (unpaired) electrons. The van der Waals surface area contributed by atoms with Gasteiger partial charge >= 0.3 is 0 Å². The zero-order valence-electron chi connectivity index (χ0n) is 6.11. The van der Waals surface area contributed by atoms with Gasteiger partial charge in [-0.1, -0.05) is 40.0 Å². The molecule has 8 heavy (non-hydrogen) atoms. The minimum atomic E-state index is 0.